The Morgan fingerprint density at radius 3 is 2.69 bits per heavy atom. The van der Waals surface area contributed by atoms with E-state index in [1.165, 1.54) is 0 Å². The summed E-state index contributed by atoms with van der Waals surface area (Å²) in [6, 6.07) is 5.55. The minimum atomic E-state index is -0.126. The molecule has 7 nitrogen and oxygen atoms in total. The van der Waals surface area contributed by atoms with Crippen LogP contribution in [0, 0.1) is 6.92 Å². The number of methoxy groups -OCH3 is 1. The normalized spacial score (nSPS) is 15.8. The number of amides is 2. The summed E-state index contributed by atoms with van der Waals surface area (Å²) >= 11 is 0. The summed E-state index contributed by atoms with van der Waals surface area (Å²) in [6.07, 6.45) is 1.64. The van der Waals surface area contributed by atoms with Crippen LogP contribution in [0.4, 0.5) is 0 Å². The zero-order valence-corrected chi connectivity index (χ0v) is 15.4. The second-order valence-electron chi connectivity index (χ2n) is 6.59. The topological polar surface area (TPSA) is 83.8 Å². The number of furan rings is 1. The molecule has 26 heavy (non-hydrogen) atoms. The number of likely N-dealkylation sites (N-methyl/N-ethyl adjacent to an activating group) is 1. The average Bonchev–Trinajstić information content (AvgIpc) is 2.97. The van der Waals surface area contributed by atoms with E-state index >= 15 is 0 Å². The van der Waals surface area contributed by atoms with E-state index in [1.807, 2.05) is 18.2 Å². The fraction of sp³-hybridized carbons (Fsp3) is 0.474. The van der Waals surface area contributed by atoms with Gasteiger partial charge in [0, 0.05) is 31.6 Å². The smallest absolute Gasteiger partial charge is 0.255 e. The van der Waals surface area contributed by atoms with Gasteiger partial charge in [-0.15, -0.1) is 0 Å². The number of likely N-dealkylation sites (tertiary alicyclic amines) is 1. The fourth-order valence-corrected chi connectivity index (χ4v) is 3.38. The molecule has 0 unspecified atom stereocenters. The predicted octanol–water partition coefficient (Wildman–Crippen LogP) is 1.69. The molecule has 1 fully saturated rings. The number of carbonyl (C=O) groups is 2. The Labute approximate surface area is 152 Å². The third-order valence-corrected chi connectivity index (χ3v) is 4.87. The molecular weight excluding hydrogens is 334 g/mol. The van der Waals surface area contributed by atoms with Gasteiger partial charge in [-0.1, -0.05) is 0 Å². The number of hydrogen-bond donors (Lipinski definition) is 2. The Hall–Kier alpha value is -2.54. The zero-order valence-electron chi connectivity index (χ0n) is 15.4. The van der Waals surface area contributed by atoms with E-state index in [-0.39, 0.29) is 17.9 Å². The molecule has 0 aliphatic carbocycles. The molecule has 0 spiro atoms. The van der Waals surface area contributed by atoms with Crippen LogP contribution in [-0.4, -0.2) is 56.5 Å². The van der Waals surface area contributed by atoms with E-state index in [0.29, 0.717) is 29.2 Å². The lowest BCUT2D eigenvalue weighted by molar-refractivity contribution is -0.122. The molecule has 0 saturated carbocycles. The molecule has 140 valence electrons. The van der Waals surface area contributed by atoms with Gasteiger partial charge in [-0.05, 0) is 38.0 Å². The van der Waals surface area contributed by atoms with Crippen molar-refractivity contribution < 1.29 is 18.7 Å². The highest BCUT2D eigenvalue weighted by atomic mass is 16.5. The molecule has 3 rings (SSSR count). The van der Waals surface area contributed by atoms with Crippen molar-refractivity contribution in [2.24, 2.45) is 0 Å². The lowest BCUT2D eigenvalue weighted by Gasteiger charge is -2.31. The summed E-state index contributed by atoms with van der Waals surface area (Å²) in [4.78, 5) is 26.4. The van der Waals surface area contributed by atoms with Gasteiger partial charge < -0.3 is 19.8 Å². The highest BCUT2D eigenvalue weighted by Crippen LogP contribution is 2.29. The Morgan fingerprint density at radius 2 is 2.04 bits per heavy atom. The predicted molar refractivity (Wildman–Crippen MR) is 98.5 cm³/mol. The standard InChI is InChI=1S/C19H25N3O4/c1-12-18(15-10-14(25-3)4-5-16(15)26-12)19(24)21-13-6-8-22(9-7-13)11-17(23)20-2/h4-5,10,13H,6-9,11H2,1-3H3,(H,20,23)(H,21,24). The Kier molecular flexibility index (Phi) is 5.46. The second-order valence-corrected chi connectivity index (χ2v) is 6.59. The first-order valence-corrected chi connectivity index (χ1v) is 8.82. The molecule has 0 atom stereocenters. The zero-order chi connectivity index (χ0) is 18.7. The maximum atomic E-state index is 12.8. The van der Waals surface area contributed by atoms with Gasteiger partial charge in [0.05, 0.1) is 19.2 Å². The van der Waals surface area contributed by atoms with Crippen molar-refractivity contribution >= 4 is 22.8 Å². The van der Waals surface area contributed by atoms with Crippen molar-refractivity contribution in [2.75, 3.05) is 33.8 Å². The molecule has 0 radical (unpaired) electrons. The molecule has 2 N–H and O–H groups in total. The number of nitrogens with zero attached hydrogens (tertiary/aromatic N) is 1. The van der Waals surface area contributed by atoms with Crippen molar-refractivity contribution in [3.8, 4) is 5.75 Å². The first-order chi connectivity index (χ1) is 12.5. The van der Waals surface area contributed by atoms with Gasteiger partial charge in [-0.25, -0.2) is 0 Å². The summed E-state index contributed by atoms with van der Waals surface area (Å²) in [7, 11) is 3.24. The van der Waals surface area contributed by atoms with E-state index < -0.39 is 0 Å². The van der Waals surface area contributed by atoms with Crippen molar-refractivity contribution in [3.05, 3.63) is 29.5 Å². The highest BCUT2D eigenvalue weighted by Gasteiger charge is 2.25. The Bertz CT molecular complexity index is 806. The molecular formula is C19H25N3O4. The van der Waals surface area contributed by atoms with E-state index in [2.05, 4.69) is 15.5 Å². The molecule has 2 aromatic rings. The third kappa shape index (κ3) is 3.83. The summed E-state index contributed by atoms with van der Waals surface area (Å²) in [5, 5.41) is 6.51. The van der Waals surface area contributed by atoms with Crippen LogP contribution in [0.25, 0.3) is 11.0 Å². The van der Waals surface area contributed by atoms with Crippen LogP contribution in [0.5, 0.6) is 5.75 Å². The number of nitrogens with one attached hydrogen (secondary N) is 2. The first-order valence-electron chi connectivity index (χ1n) is 8.82. The van der Waals surface area contributed by atoms with Crippen molar-refractivity contribution in [1.82, 2.24) is 15.5 Å². The van der Waals surface area contributed by atoms with Crippen LogP contribution >= 0.6 is 0 Å². The molecule has 1 aromatic carbocycles. The third-order valence-electron chi connectivity index (χ3n) is 4.87. The minimum Gasteiger partial charge on any atom is -0.497 e. The largest absolute Gasteiger partial charge is 0.497 e. The number of rotatable bonds is 5. The van der Waals surface area contributed by atoms with Crippen molar-refractivity contribution in [1.29, 1.82) is 0 Å². The highest BCUT2D eigenvalue weighted by molar-refractivity contribution is 6.07. The van der Waals surface area contributed by atoms with Crippen LogP contribution in [-0.2, 0) is 4.79 Å². The van der Waals surface area contributed by atoms with Crippen LogP contribution < -0.4 is 15.4 Å². The van der Waals surface area contributed by atoms with Crippen LogP contribution in [0.2, 0.25) is 0 Å². The van der Waals surface area contributed by atoms with E-state index in [4.69, 9.17) is 9.15 Å². The van der Waals surface area contributed by atoms with Crippen LogP contribution in [0.15, 0.2) is 22.6 Å². The SMILES string of the molecule is CNC(=O)CN1CCC(NC(=O)c2c(C)oc3ccc(OC)cc23)CC1. The number of piperidine rings is 1. The second kappa shape index (κ2) is 7.78. The number of carbonyl (C=O) groups excluding carboxylic acids is 2. The number of fused-ring (bicyclic) bond motifs is 1. The molecule has 7 heteroatoms. The van der Waals surface area contributed by atoms with Crippen LogP contribution in [0.1, 0.15) is 29.0 Å². The fourth-order valence-electron chi connectivity index (χ4n) is 3.38. The van der Waals surface area contributed by atoms with Gasteiger partial charge in [0.15, 0.2) is 0 Å². The lowest BCUT2D eigenvalue weighted by Crippen LogP contribution is -2.47. The minimum absolute atomic E-state index is 0.0157. The summed E-state index contributed by atoms with van der Waals surface area (Å²) in [6.45, 7) is 3.78. The summed E-state index contributed by atoms with van der Waals surface area (Å²) in [5.74, 6) is 1.18. The van der Waals surface area contributed by atoms with E-state index in [9.17, 15) is 9.59 Å². The number of benzene rings is 1. The van der Waals surface area contributed by atoms with Gasteiger partial charge in [0.2, 0.25) is 5.91 Å². The molecule has 1 aliphatic rings. The maximum Gasteiger partial charge on any atom is 0.255 e. The molecule has 2 amide bonds. The Balaban J connectivity index is 1.67. The number of aryl methyl sites for hydroxylation is 1. The Morgan fingerprint density at radius 1 is 1.31 bits per heavy atom. The van der Waals surface area contributed by atoms with Crippen molar-refractivity contribution in [3.63, 3.8) is 0 Å². The van der Waals surface area contributed by atoms with Gasteiger partial charge in [-0.2, -0.15) is 0 Å². The van der Waals surface area contributed by atoms with E-state index in [1.54, 1.807) is 21.1 Å². The molecule has 1 saturated heterocycles. The molecule has 2 heterocycles. The van der Waals surface area contributed by atoms with Crippen LogP contribution in [0.3, 0.4) is 0 Å². The quantitative estimate of drug-likeness (QED) is 0.849. The number of hydrogen-bond acceptors (Lipinski definition) is 5. The molecule has 1 aliphatic heterocycles. The van der Waals surface area contributed by atoms with Gasteiger partial charge >= 0.3 is 0 Å². The lowest BCUT2D eigenvalue weighted by atomic mass is 10.0. The van der Waals surface area contributed by atoms with Gasteiger partial charge in [0.25, 0.3) is 5.91 Å². The molecule has 0 bridgehead atoms. The molecule has 1 aromatic heterocycles. The maximum absolute atomic E-state index is 12.8. The summed E-state index contributed by atoms with van der Waals surface area (Å²) < 4.78 is 11.0. The van der Waals surface area contributed by atoms with Crippen molar-refractivity contribution in [2.45, 2.75) is 25.8 Å². The average molecular weight is 359 g/mol. The first kappa shape index (κ1) is 18.3. The number of ether oxygens (including phenoxy) is 1. The van der Waals surface area contributed by atoms with Gasteiger partial charge in [0.1, 0.15) is 17.1 Å². The monoisotopic (exact) mass is 359 g/mol. The van der Waals surface area contributed by atoms with E-state index in [0.717, 1.165) is 31.3 Å². The summed E-state index contributed by atoms with van der Waals surface area (Å²) in [5.41, 5.74) is 1.24. The van der Waals surface area contributed by atoms with Gasteiger partial charge in [-0.3, -0.25) is 14.5 Å².